The summed E-state index contributed by atoms with van der Waals surface area (Å²) in [6.45, 7) is 6.49. The molecule has 0 spiro atoms. The van der Waals surface area contributed by atoms with Gasteiger partial charge in [-0.1, -0.05) is 236 Å². The van der Waals surface area contributed by atoms with Crippen LogP contribution in [0.3, 0.4) is 0 Å². The fourth-order valence-corrected chi connectivity index (χ4v) is 7.61. The van der Waals surface area contributed by atoms with Gasteiger partial charge >= 0.3 is 17.9 Å². The van der Waals surface area contributed by atoms with E-state index < -0.39 is 6.10 Å². The van der Waals surface area contributed by atoms with E-state index in [9.17, 15) is 14.4 Å². The SMILES string of the molecule is CC\C=C/C=C\C=C/CCCCCCCC(=O)OCC(COC(=O)CCCCCCCCCCCCCCCCCCC)OC(=O)CCCCC/C=C\CCCCCCCCC. The topological polar surface area (TPSA) is 78.9 Å². The molecule has 6 heteroatoms. The fourth-order valence-electron chi connectivity index (χ4n) is 7.61. The zero-order valence-corrected chi connectivity index (χ0v) is 41.1. The Morgan fingerprint density at radius 1 is 0.339 bits per heavy atom. The van der Waals surface area contributed by atoms with E-state index in [1.807, 2.05) is 0 Å². The summed E-state index contributed by atoms with van der Waals surface area (Å²) >= 11 is 0. The van der Waals surface area contributed by atoms with Gasteiger partial charge in [-0.15, -0.1) is 0 Å². The third kappa shape index (κ3) is 48.4. The van der Waals surface area contributed by atoms with Crippen LogP contribution in [0.15, 0.2) is 48.6 Å². The molecule has 0 aliphatic carbocycles. The van der Waals surface area contributed by atoms with Gasteiger partial charge in [-0.25, -0.2) is 0 Å². The molecule has 0 amide bonds. The maximum atomic E-state index is 12.8. The normalized spacial score (nSPS) is 12.4. The van der Waals surface area contributed by atoms with Crippen LogP contribution in [0.2, 0.25) is 0 Å². The molecule has 0 fully saturated rings. The minimum atomic E-state index is -0.786. The number of rotatable bonds is 48. The van der Waals surface area contributed by atoms with Crippen molar-refractivity contribution in [2.75, 3.05) is 13.2 Å². The van der Waals surface area contributed by atoms with E-state index >= 15 is 0 Å². The Hall–Kier alpha value is -2.63. The minimum Gasteiger partial charge on any atom is -0.462 e. The van der Waals surface area contributed by atoms with Crippen LogP contribution in [0.5, 0.6) is 0 Å². The number of ether oxygens (including phenoxy) is 3. The van der Waals surface area contributed by atoms with Crippen molar-refractivity contribution in [3.63, 3.8) is 0 Å². The summed E-state index contributed by atoms with van der Waals surface area (Å²) in [5.74, 6) is -0.911. The van der Waals surface area contributed by atoms with E-state index in [0.29, 0.717) is 19.3 Å². The number of hydrogen-bond acceptors (Lipinski definition) is 6. The second-order valence-electron chi connectivity index (χ2n) is 17.8. The van der Waals surface area contributed by atoms with Gasteiger partial charge in [-0.3, -0.25) is 14.4 Å². The van der Waals surface area contributed by atoms with Crippen LogP contribution in [-0.4, -0.2) is 37.2 Å². The Kier molecular flexibility index (Phi) is 48.8. The number of esters is 3. The van der Waals surface area contributed by atoms with E-state index in [2.05, 4.69) is 69.4 Å². The molecule has 360 valence electrons. The second-order valence-corrected chi connectivity index (χ2v) is 17.8. The van der Waals surface area contributed by atoms with Crippen molar-refractivity contribution in [1.82, 2.24) is 0 Å². The lowest BCUT2D eigenvalue weighted by Crippen LogP contribution is -2.30. The summed E-state index contributed by atoms with van der Waals surface area (Å²) in [6, 6.07) is 0. The predicted octanol–water partition coefficient (Wildman–Crippen LogP) is 17.5. The highest BCUT2D eigenvalue weighted by atomic mass is 16.6. The molecule has 0 saturated carbocycles. The molecule has 0 bridgehead atoms. The zero-order chi connectivity index (χ0) is 45.1. The van der Waals surface area contributed by atoms with Crippen LogP contribution in [0, 0.1) is 0 Å². The molecule has 0 N–H and O–H groups in total. The lowest BCUT2D eigenvalue weighted by Gasteiger charge is -2.18. The first-order valence-corrected chi connectivity index (χ1v) is 26.7. The smallest absolute Gasteiger partial charge is 0.306 e. The molecule has 0 saturated heterocycles. The van der Waals surface area contributed by atoms with Gasteiger partial charge in [0.05, 0.1) is 0 Å². The third-order valence-corrected chi connectivity index (χ3v) is 11.6. The van der Waals surface area contributed by atoms with Crippen molar-refractivity contribution in [2.45, 2.75) is 277 Å². The summed E-state index contributed by atoms with van der Waals surface area (Å²) in [7, 11) is 0. The van der Waals surface area contributed by atoms with Crippen molar-refractivity contribution in [1.29, 1.82) is 0 Å². The number of allylic oxidation sites excluding steroid dienone is 8. The Balaban J connectivity index is 4.37. The van der Waals surface area contributed by atoms with Gasteiger partial charge in [0.2, 0.25) is 0 Å². The molecule has 0 aliphatic rings. The summed E-state index contributed by atoms with van der Waals surface area (Å²) in [4.78, 5) is 38.0. The largest absolute Gasteiger partial charge is 0.462 e. The van der Waals surface area contributed by atoms with Crippen LogP contribution in [0.1, 0.15) is 271 Å². The number of carbonyl (C=O) groups is 3. The van der Waals surface area contributed by atoms with Crippen LogP contribution < -0.4 is 0 Å². The van der Waals surface area contributed by atoms with E-state index in [4.69, 9.17) is 14.2 Å². The lowest BCUT2D eigenvalue weighted by molar-refractivity contribution is -0.167. The molecule has 0 aliphatic heterocycles. The molecule has 0 aromatic heterocycles. The molecule has 0 aromatic carbocycles. The maximum absolute atomic E-state index is 12.8. The van der Waals surface area contributed by atoms with Gasteiger partial charge in [0.15, 0.2) is 6.10 Å². The van der Waals surface area contributed by atoms with E-state index in [1.54, 1.807) is 0 Å². The summed E-state index contributed by atoms with van der Waals surface area (Å²) < 4.78 is 16.8. The molecule has 0 aromatic rings. The molecule has 1 atom stereocenters. The Morgan fingerprint density at radius 2 is 0.645 bits per heavy atom. The van der Waals surface area contributed by atoms with Gasteiger partial charge in [0.1, 0.15) is 13.2 Å². The maximum Gasteiger partial charge on any atom is 0.306 e. The Labute approximate surface area is 384 Å². The monoisotopic (exact) mass is 869 g/mol. The average Bonchev–Trinajstić information content (AvgIpc) is 3.27. The molecular formula is C56H100O6. The molecule has 62 heavy (non-hydrogen) atoms. The summed E-state index contributed by atoms with van der Waals surface area (Å²) in [5, 5.41) is 0. The first kappa shape index (κ1) is 59.4. The van der Waals surface area contributed by atoms with Gasteiger partial charge in [-0.05, 0) is 64.2 Å². The molecule has 0 heterocycles. The zero-order valence-electron chi connectivity index (χ0n) is 41.1. The van der Waals surface area contributed by atoms with Crippen LogP contribution in [0.25, 0.3) is 0 Å². The average molecular weight is 869 g/mol. The quantitative estimate of drug-likeness (QED) is 0.0199. The van der Waals surface area contributed by atoms with Gasteiger partial charge in [0.25, 0.3) is 0 Å². The molecule has 1 unspecified atom stereocenters. The molecule has 0 radical (unpaired) electrons. The highest BCUT2D eigenvalue weighted by molar-refractivity contribution is 5.71. The standard InChI is InChI=1S/C56H100O6/c1-4-7-10-13-16-19-22-25-27-28-29-32-34-37-40-43-46-49-55(58)61-52-53(51-60-54(57)48-45-42-39-36-33-30-24-21-18-15-12-9-6-3)62-56(59)50-47-44-41-38-35-31-26-23-20-17-14-11-8-5-2/h9,12,15,18,21,24,31,35,53H,4-8,10-11,13-14,16-17,19-20,22-23,25-30,32-34,36-52H2,1-3H3/b12-9-,18-15-,24-21-,35-31-. The van der Waals surface area contributed by atoms with Gasteiger partial charge in [0, 0.05) is 19.3 Å². The summed E-state index contributed by atoms with van der Waals surface area (Å²) in [6.07, 6.45) is 61.0. The fraction of sp³-hybridized carbons (Fsp3) is 0.804. The van der Waals surface area contributed by atoms with Crippen molar-refractivity contribution in [2.24, 2.45) is 0 Å². The van der Waals surface area contributed by atoms with Gasteiger partial charge < -0.3 is 14.2 Å². The summed E-state index contributed by atoms with van der Waals surface area (Å²) in [5.41, 5.74) is 0. The van der Waals surface area contributed by atoms with Gasteiger partial charge in [-0.2, -0.15) is 0 Å². The van der Waals surface area contributed by atoms with Crippen molar-refractivity contribution < 1.29 is 28.6 Å². The Bertz CT molecular complexity index is 1090. The first-order valence-electron chi connectivity index (χ1n) is 26.7. The first-order chi connectivity index (χ1) is 30.5. The number of unbranched alkanes of at least 4 members (excludes halogenated alkanes) is 31. The molecular weight excluding hydrogens is 769 g/mol. The number of carbonyl (C=O) groups excluding carboxylic acids is 3. The van der Waals surface area contributed by atoms with Crippen molar-refractivity contribution in [3.05, 3.63) is 48.6 Å². The third-order valence-electron chi connectivity index (χ3n) is 11.6. The van der Waals surface area contributed by atoms with Crippen molar-refractivity contribution in [3.8, 4) is 0 Å². The van der Waals surface area contributed by atoms with Crippen LogP contribution in [0.4, 0.5) is 0 Å². The van der Waals surface area contributed by atoms with Crippen molar-refractivity contribution >= 4 is 17.9 Å². The van der Waals surface area contributed by atoms with E-state index in [-0.39, 0.29) is 31.1 Å². The van der Waals surface area contributed by atoms with E-state index in [1.165, 1.54) is 135 Å². The minimum absolute atomic E-state index is 0.0833. The van der Waals surface area contributed by atoms with Crippen LogP contribution in [-0.2, 0) is 28.6 Å². The lowest BCUT2D eigenvalue weighted by atomic mass is 10.0. The molecule has 0 rings (SSSR count). The Morgan fingerprint density at radius 3 is 1.03 bits per heavy atom. The number of hydrogen-bond donors (Lipinski definition) is 0. The van der Waals surface area contributed by atoms with E-state index in [0.717, 1.165) is 96.3 Å². The highest BCUT2D eigenvalue weighted by Gasteiger charge is 2.19. The second kappa shape index (κ2) is 51.0. The van der Waals surface area contributed by atoms with Crippen LogP contribution >= 0.6 is 0 Å². The molecule has 6 nitrogen and oxygen atoms in total. The highest BCUT2D eigenvalue weighted by Crippen LogP contribution is 2.16. The predicted molar refractivity (Wildman–Crippen MR) is 265 cm³/mol.